The van der Waals surface area contributed by atoms with Gasteiger partial charge in [-0.05, 0) is 43.5 Å². The van der Waals surface area contributed by atoms with Crippen molar-refractivity contribution in [2.24, 2.45) is 5.92 Å². The van der Waals surface area contributed by atoms with E-state index < -0.39 is 0 Å². The summed E-state index contributed by atoms with van der Waals surface area (Å²) in [6, 6.07) is 7.27. The van der Waals surface area contributed by atoms with Crippen LogP contribution in [0.5, 0.6) is 5.75 Å². The maximum atomic E-state index is 5.76. The van der Waals surface area contributed by atoms with Crippen molar-refractivity contribution in [3.05, 3.63) is 29.3 Å². The number of benzene rings is 1. The Balaban J connectivity index is 1.93. The van der Waals surface area contributed by atoms with E-state index in [1.807, 2.05) is 0 Å². The molecule has 1 aliphatic carbocycles. The summed E-state index contributed by atoms with van der Waals surface area (Å²) in [7, 11) is 2.08. The lowest BCUT2D eigenvalue weighted by Crippen LogP contribution is -2.30. The third kappa shape index (κ3) is 1.83. The maximum absolute atomic E-state index is 5.76. The maximum Gasteiger partial charge on any atom is 0.123 e. The lowest BCUT2D eigenvalue weighted by molar-refractivity contribution is 0.239. The SMILES string of the molecule is CNC(c1ccc2c(c1)C(C)(C)CO2)C1CCC1. The molecule has 1 N–H and O–H groups in total. The zero-order valence-electron chi connectivity index (χ0n) is 11.6. The van der Waals surface area contributed by atoms with Crippen molar-refractivity contribution in [1.82, 2.24) is 5.32 Å². The summed E-state index contributed by atoms with van der Waals surface area (Å²) in [4.78, 5) is 0. The van der Waals surface area contributed by atoms with Crippen LogP contribution < -0.4 is 10.1 Å². The summed E-state index contributed by atoms with van der Waals surface area (Å²) in [5, 5.41) is 3.50. The third-order valence-corrected chi connectivity index (χ3v) is 4.61. The summed E-state index contributed by atoms with van der Waals surface area (Å²) in [5.41, 5.74) is 2.96. The molecule has 0 saturated heterocycles. The minimum atomic E-state index is 0.156. The number of hydrogen-bond acceptors (Lipinski definition) is 2. The van der Waals surface area contributed by atoms with Gasteiger partial charge in [-0.3, -0.25) is 0 Å². The van der Waals surface area contributed by atoms with Crippen LogP contribution in [-0.2, 0) is 5.41 Å². The van der Waals surface area contributed by atoms with Crippen molar-refractivity contribution in [1.29, 1.82) is 0 Å². The second-order valence-corrected chi connectivity index (χ2v) is 6.39. The van der Waals surface area contributed by atoms with E-state index in [9.17, 15) is 0 Å². The van der Waals surface area contributed by atoms with Crippen LogP contribution in [0.2, 0.25) is 0 Å². The third-order valence-electron chi connectivity index (χ3n) is 4.61. The highest BCUT2D eigenvalue weighted by atomic mass is 16.5. The van der Waals surface area contributed by atoms with Gasteiger partial charge >= 0.3 is 0 Å². The predicted molar refractivity (Wildman–Crippen MR) is 74.1 cm³/mol. The van der Waals surface area contributed by atoms with E-state index in [-0.39, 0.29) is 5.41 Å². The average molecular weight is 245 g/mol. The number of hydrogen-bond donors (Lipinski definition) is 1. The Morgan fingerprint density at radius 2 is 2.11 bits per heavy atom. The van der Waals surface area contributed by atoms with Crippen LogP contribution in [0, 0.1) is 5.92 Å². The van der Waals surface area contributed by atoms with E-state index in [0.29, 0.717) is 6.04 Å². The molecular weight excluding hydrogens is 222 g/mol. The molecule has 1 aromatic rings. The quantitative estimate of drug-likeness (QED) is 0.881. The van der Waals surface area contributed by atoms with Crippen molar-refractivity contribution in [3.8, 4) is 5.75 Å². The Bertz CT molecular complexity index is 448. The Kier molecular flexibility index (Phi) is 2.86. The Morgan fingerprint density at radius 1 is 1.33 bits per heavy atom. The van der Waals surface area contributed by atoms with E-state index >= 15 is 0 Å². The molecular formula is C16H23NO. The van der Waals surface area contributed by atoms with Gasteiger partial charge in [0.1, 0.15) is 5.75 Å². The number of rotatable bonds is 3. The zero-order chi connectivity index (χ0) is 12.8. The molecule has 0 aromatic heterocycles. The molecule has 1 fully saturated rings. The van der Waals surface area contributed by atoms with Gasteiger partial charge in [0.25, 0.3) is 0 Å². The van der Waals surface area contributed by atoms with Crippen LogP contribution in [0.25, 0.3) is 0 Å². The summed E-state index contributed by atoms with van der Waals surface area (Å²) < 4.78 is 5.76. The van der Waals surface area contributed by atoms with Gasteiger partial charge in [0.05, 0.1) is 6.61 Å². The molecule has 1 heterocycles. The average Bonchev–Trinajstić information content (AvgIpc) is 2.59. The topological polar surface area (TPSA) is 21.3 Å². The summed E-state index contributed by atoms with van der Waals surface area (Å²) >= 11 is 0. The lowest BCUT2D eigenvalue weighted by Gasteiger charge is -2.34. The fourth-order valence-corrected chi connectivity index (χ4v) is 3.18. The summed E-state index contributed by atoms with van der Waals surface area (Å²) in [6.45, 7) is 5.33. The smallest absolute Gasteiger partial charge is 0.123 e. The molecule has 3 rings (SSSR count). The van der Waals surface area contributed by atoms with Crippen LogP contribution in [0.4, 0.5) is 0 Å². The zero-order valence-corrected chi connectivity index (χ0v) is 11.6. The first-order valence-corrected chi connectivity index (χ1v) is 7.06. The molecule has 2 aliphatic rings. The van der Waals surface area contributed by atoms with Crippen molar-refractivity contribution in [2.45, 2.75) is 44.6 Å². The highest BCUT2D eigenvalue weighted by Crippen LogP contribution is 2.42. The number of nitrogens with one attached hydrogen (secondary N) is 1. The minimum absolute atomic E-state index is 0.156. The van der Waals surface area contributed by atoms with E-state index in [1.54, 1.807) is 0 Å². The van der Waals surface area contributed by atoms with Crippen LogP contribution in [-0.4, -0.2) is 13.7 Å². The normalized spacial score (nSPS) is 23.1. The standard InChI is InChI=1S/C16H23NO/c1-16(2)10-18-14-8-7-12(9-13(14)16)15(17-3)11-5-4-6-11/h7-9,11,15,17H,4-6,10H2,1-3H3. The molecule has 0 radical (unpaired) electrons. The highest BCUT2D eigenvalue weighted by molar-refractivity contribution is 5.46. The molecule has 1 unspecified atom stereocenters. The molecule has 1 aliphatic heterocycles. The van der Waals surface area contributed by atoms with Crippen molar-refractivity contribution in [3.63, 3.8) is 0 Å². The van der Waals surface area contributed by atoms with E-state index in [4.69, 9.17) is 4.74 Å². The Morgan fingerprint density at radius 3 is 2.72 bits per heavy atom. The van der Waals surface area contributed by atoms with Gasteiger partial charge < -0.3 is 10.1 Å². The predicted octanol–water partition coefficient (Wildman–Crippen LogP) is 3.42. The van der Waals surface area contributed by atoms with E-state index in [1.165, 1.54) is 30.4 Å². The van der Waals surface area contributed by atoms with Crippen molar-refractivity contribution >= 4 is 0 Å². The molecule has 2 heteroatoms. The molecule has 1 saturated carbocycles. The first-order valence-electron chi connectivity index (χ1n) is 7.06. The second-order valence-electron chi connectivity index (χ2n) is 6.39. The fraction of sp³-hybridized carbons (Fsp3) is 0.625. The van der Waals surface area contributed by atoms with Gasteiger partial charge in [-0.1, -0.05) is 26.3 Å². The molecule has 0 spiro atoms. The van der Waals surface area contributed by atoms with E-state index in [0.717, 1.165) is 18.3 Å². The van der Waals surface area contributed by atoms with Crippen molar-refractivity contribution in [2.75, 3.05) is 13.7 Å². The van der Waals surface area contributed by atoms with Crippen molar-refractivity contribution < 1.29 is 4.74 Å². The van der Waals surface area contributed by atoms with Gasteiger partial charge in [-0.2, -0.15) is 0 Å². The largest absolute Gasteiger partial charge is 0.492 e. The summed E-state index contributed by atoms with van der Waals surface area (Å²) in [5.74, 6) is 1.89. The Labute approximate surface area is 110 Å². The Hall–Kier alpha value is -1.02. The van der Waals surface area contributed by atoms with Gasteiger partial charge in [0.15, 0.2) is 0 Å². The van der Waals surface area contributed by atoms with E-state index in [2.05, 4.69) is 44.4 Å². The summed E-state index contributed by atoms with van der Waals surface area (Å²) in [6.07, 6.45) is 4.12. The number of ether oxygens (including phenoxy) is 1. The first-order chi connectivity index (χ1) is 8.62. The molecule has 98 valence electrons. The molecule has 0 bridgehead atoms. The van der Waals surface area contributed by atoms with Gasteiger partial charge in [-0.15, -0.1) is 0 Å². The fourth-order valence-electron chi connectivity index (χ4n) is 3.18. The van der Waals surface area contributed by atoms with Gasteiger partial charge in [-0.25, -0.2) is 0 Å². The molecule has 0 amide bonds. The van der Waals surface area contributed by atoms with Gasteiger partial charge in [0.2, 0.25) is 0 Å². The van der Waals surface area contributed by atoms with Crippen LogP contribution in [0.1, 0.15) is 50.3 Å². The second kappa shape index (κ2) is 4.27. The van der Waals surface area contributed by atoms with Crippen LogP contribution >= 0.6 is 0 Å². The molecule has 18 heavy (non-hydrogen) atoms. The molecule has 1 aromatic carbocycles. The minimum Gasteiger partial charge on any atom is -0.492 e. The molecule has 2 nitrogen and oxygen atoms in total. The van der Waals surface area contributed by atoms with Crippen LogP contribution in [0.15, 0.2) is 18.2 Å². The lowest BCUT2D eigenvalue weighted by atomic mass is 9.76. The highest BCUT2D eigenvalue weighted by Gasteiger charge is 2.34. The monoisotopic (exact) mass is 245 g/mol. The van der Waals surface area contributed by atoms with Crippen LogP contribution in [0.3, 0.4) is 0 Å². The first kappa shape index (κ1) is 12.0. The van der Waals surface area contributed by atoms with Gasteiger partial charge in [0, 0.05) is 17.0 Å². The molecule has 1 atom stereocenters. The number of fused-ring (bicyclic) bond motifs is 1.